The summed E-state index contributed by atoms with van der Waals surface area (Å²) in [4.78, 5) is 12.1. The Morgan fingerprint density at radius 1 is 1.13 bits per heavy atom. The molecule has 1 aromatic carbocycles. The number of ether oxygens (including phenoxy) is 2. The molecule has 2 rings (SSSR count). The average molecular weight is 319 g/mol. The third kappa shape index (κ3) is 4.15. The Kier molecular flexibility index (Phi) is 4.78. The van der Waals surface area contributed by atoms with Crippen LogP contribution in [0.15, 0.2) is 28.8 Å². The van der Waals surface area contributed by atoms with E-state index in [-0.39, 0.29) is 5.41 Å². The van der Waals surface area contributed by atoms with E-state index >= 15 is 0 Å². The molecule has 0 aliphatic rings. The monoisotopic (exact) mass is 319 g/mol. The van der Waals surface area contributed by atoms with Crippen molar-refractivity contribution in [2.45, 2.75) is 26.2 Å². The molecular formula is C16H21N3O4. The topological polar surface area (TPSA) is 85.6 Å². The number of nitrogens with zero attached hydrogens (tertiary/aromatic N) is 1. The van der Waals surface area contributed by atoms with E-state index in [1.165, 1.54) is 7.11 Å². The maximum absolute atomic E-state index is 12.1. The van der Waals surface area contributed by atoms with E-state index in [4.69, 9.17) is 14.0 Å². The van der Waals surface area contributed by atoms with Gasteiger partial charge in [0.05, 0.1) is 19.9 Å². The summed E-state index contributed by atoms with van der Waals surface area (Å²) in [7, 11) is 3.08. The second-order valence-corrected chi connectivity index (χ2v) is 5.97. The number of urea groups is 1. The molecule has 2 amide bonds. The minimum absolute atomic E-state index is 0.178. The standard InChI is InChI=1S/C16H21N3O4/c1-16(2,3)13-9-14(19-23-13)18-15(20)17-11-7-6-10(21-4)8-12(11)22-5/h6-9H,1-5H3,(H2,17,18,19,20). The van der Waals surface area contributed by atoms with Crippen molar-refractivity contribution in [3.8, 4) is 11.5 Å². The van der Waals surface area contributed by atoms with Gasteiger partial charge in [-0.25, -0.2) is 4.79 Å². The van der Waals surface area contributed by atoms with Crippen LogP contribution in [-0.2, 0) is 5.41 Å². The van der Waals surface area contributed by atoms with Gasteiger partial charge in [0.2, 0.25) is 0 Å². The Hall–Kier alpha value is -2.70. The molecule has 7 nitrogen and oxygen atoms in total. The third-order valence-corrected chi connectivity index (χ3v) is 3.15. The van der Waals surface area contributed by atoms with Gasteiger partial charge in [-0.2, -0.15) is 0 Å². The molecule has 1 heterocycles. The molecule has 0 radical (unpaired) electrons. The molecule has 0 unspecified atom stereocenters. The number of hydrogen-bond donors (Lipinski definition) is 2. The smallest absolute Gasteiger partial charge is 0.325 e. The van der Waals surface area contributed by atoms with E-state index in [0.717, 1.165) is 0 Å². The van der Waals surface area contributed by atoms with E-state index in [2.05, 4.69) is 15.8 Å². The second-order valence-electron chi connectivity index (χ2n) is 5.97. The first-order valence-corrected chi connectivity index (χ1v) is 7.10. The Bertz CT molecular complexity index is 689. The molecule has 0 aliphatic heterocycles. The molecule has 2 aromatic rings. The van der Waals surface area contributed by atoms with Gasteiger partial charge < -0.3 is 19.3 Å². The fourth-order valence-corrected chi connectivity index (χ4v) is 1.86. The van der Waals surface area contributed by atoms with Crippen molar-refractivity contribution in [3.05, 3.63) is 30.0 Å². The summed E-state index contributed by atoms with van der Waals surface area (Å²) in [5, 5.41) is 9.15. The summed E-state index contributed by atoms with van der Waals surface area (Å²) >= 11 is 0. The van der Waals surface area contributed by atoms with Crippen molar-refractivity contribution >= 4 is 17.5 Å². The number of carbonyl (C=O) groups excluding carboxylic acids is 1. The molecule has 1 aromatic heterocycles. The summed E-state index contributed by atoms with van der Waals surface area (Å²) in [5.74, 6) is 2.17. The minimum atomic E-state index is -0.442. The second kappa shape index (κ2) is 6.60. The average Bonchev–Trinajstić information content (AvgIpc) is 2.96. The molecule has 0 saturated carbocycles. The lowest BCUT2D eigenvalue weighted by Crippen LogP contribution is -2.20. The molecule has 0 spiro atoms. The van der Waals surface area contributed by atoms with Gasteiger partial charge in [0, 0.05) is 17.5 Å². The van der Waals surface area contributed by atoms with Crippen molar-refractivity contribution in [3.63, 3.8) is 0 Å². The van der Waals surface area contributed by atoms with Gasteiger partial charge in [-0.15, -0.1) is 0 Å². The lowest BCUT2D eigenvalue weighted by Gasteiger charge is -2.12. The van der Waals surface area contributed by atoms with Crippen LogP contribution in [-0.4, -0.2) is 25.4 Å². The summed E-state index contributed by atoms with van der Waals surface area (Å²) in [5.41, 5.74) is 0.341. The molecule has 2 N–H and O–H groups in total. The van der Waals surface area contributed by atoms with Crippen LogP contribution in [0, 0.1) is 0 Å². The van der Waals surface area contributed by atoms with Crippen LogP contribution in [0.25, 0.3) is 0 Å². The first-order chi connectivity index (χ1) is 10.8. The van der Waals surface area contributed by atoms with Crippen molar-refractivity contribution in [1.82, 2.24) is 5.16 Å². The quantitative estimate of drug-likeness (QED) is 0.898. The van der Waals surface area contributed by atoms with Gasteiger partial charge >= 0.3 is 6.03 Å². The molecule has 0 saturated heterocycles. The fraction of sp³-hybridized carbons (Fsp3) is 0.375. The Morgan fingerprint density at radius 3 is 2.43 bits per heavy atom. The third-order valence-electron chi connectivity index (χ3n) is 3.15. The fourth-order valence-electron chi connectivity index (χ4n) is 1.86. The molecular weight excluding hydrogens is 298 g/mol. The molecule has 0 fully saturated rings. The van der Waals surface area contributed by atoms with E-state index in [1.807, 2.05) is 20.8 Å². The normalized spacial score (nSPS) is 11.0. The minimum Gasteiger partial charge on any atom is -0.497 e. The number of anilines is 2. The molecule has 0 atom stereocenters. The molecule has 124 valence electrons. The summed E-state index contributed by atoms with van der Waals surface area (Å²) in [6.45, 7) is 6.00. The zero-order valence-corrected chi connectivity index (χ0v) is 13.9. The highest BCUT2D eigenvalue weighted by molar-refractivity contribution is 6.00. The summed E-state index contributed by atoms with van der Waals surface area (Å²) < 4.78 is 15.6. The summed E-state index contributed by atoms with van der Waals surface area (Å²) in [6, 6.07) is 6.36. The van der Waals surface area contributed by atoms with Crippen molar-refractivity contribution < 1.29 is 18.8 Å². The van der Waals surface area contributed by atoms with Crippen molar-refractivity contribution in [2.24, 2.45) is 0 Å². The Labute approximate surface area is 134 Å². The predicted octanol–water partition coefficient (Wildman–Crippen LogP) is 3.63. The van der Waals surface area contributed by atoms with E-state index in [1.54, 1.807) is 31.4 Å². The predicted molar refractivity (Wildman–Crippen MR) is 87.4 cm³/mol. The number of nitrogens with one attached hydrogen (secondary N) is 2. The first kappa shape index (κ1) is 16.7. The van der Waals surface area contributed by atoms with Crippen LogP contribution in [0.1, 0.15) is 26.5 Å². The highest BCUT2D eigenvalue weighted by Gasteiger charge is 2.20. The zero-order chi connectivity index (χ0) is 17.0. The Balaban J connectivity index is 2.06. The van der Waals surface area contributed by atoms with Gasteiger partial charge in [0.15, 0.2) is 5.82 Å². The van der Waals surface area contributed by atoms with Crippen LogP contribution in [0.2, 0.25) is 0 Å². The van der Waals surface area contributed by atoms with Crippen LogP contribution >= 0.6 is 0 Å². The molecule has 7 heteroatoms. The van der Waals surface area contributed by atoms with Gasteiger partial charge in [-0.1, -0.05) is 25.9 Å². The Morgan fingerprint density at radius 2 is 1.87 bits per heavy atom. The molecule has 0 aliphatic carbocycles. The van der Waals surface area contributed by atoms with Crippen LogP contribution < -0.4 is 20.1 Å². The maximum Gasteiger partial charge on any atom is 0.325 e. The number of methoxy groups -OCH3 is 2. The summed E-state index contributed by atoms with van der Waals surface area (Å²) in [6.07, 6.45) is 0. The number of rotatable bonds is 4. The van der Waals surface area contributed by atoms with E-state index in [9.17, 15) is 4.79 Å². The number of hydrogen-bond acceptors (Lipinski definition) is 5. The number of amides is 2. The lowest BCUT2D eigenvalue weighted by molar-refractivity contribution is 0.261. The molecule has 23 heavy (non-hydrogen) atoms. The van der Waals surface area contributed by atoms with Crippen LogP contribution in [0.5, 0.6) is 11.5 Å². The van der Waals surface area contributed by atoms with Gasteiger partial charge in [0.1, 0.15) is 17.3 Å². The number of benzene rings is 1. The van der Waals surface area contributed by atoms with E-state index in [0.29, 0.717) is 28.8 Å². The largest absolute Gasteiger partial charge is 0.497 e. The number of carbonyl (C=O) groups is 1. The van der Waals surface area contributed by atoms with Crippen molar-refractivity contribution in [1.29, 1.82) is 0 Å². The van der Waals surface area contributed by atoms with Crippen LogP contribution in [0.4, 0.5) is 16.3 Å². The lowest BCUT2D eigenvalue weighted by atomic mass is 9.93. The number of aromatic nitrogens is 1. The van der Waals surface area contributed by atoms with Crippen LogP contribution in [0.3, 0.4) is 0 Å². The van der Waals surface area contributed by atoms with E-state index < -0.39 is 6.03 Å². The SMILES string of the molecule is COc1ccc(NC(=O)Nc2cc(C(C)(C)C)on2)c(OC)c1. The van der Waals surface area contributed by atoms with Gasteiger partial charge in [0.25, 0.3) is 0 Å². The maximum atomic E-state index is 12.1. The first-order valence-electron chi connectivity index (χ1n) is 7.10. The highest BCUT2D eigenvalue weighted by Crippen LogP contribution is 2.29. The van der Waals surface area contributed by atoms with Crippen molar-refractivity contribution in [2.75, 3.05) is 24.9 Å². The van der Waals surface area contributed by atoms with Gasteiger partial charge in [-0.3, -0.25) is 5.32 Å². The highest BCUT2D eigenvalue weighted by atomic mass is 16.5. The zero-order valence-electron chi connectivity index (χ0n) is 13.9. The molecule has 0 bridgehead atoms. The van der Waals surface area contributed by atoms with Gasteiger partial charge in [-0.05, 0) is 12.1 Å².